The van der Waals surface area contributed by atoms with Crippen molar-refractivity contribution in [2.75, 3.05) is 0 Å². The van der Waals surface area contributed by atoms with Crippen LogP contribution in [0, 0.1) is 29.1 Å². The summed E-state index contributed by atoms with van der Waals surface area (Å²) in [6.45, 7) is 0. The van der Waals surface area contributed by atoms with Crippen molar-refractivity contribution < 1.29 is 9.59 Å². The van der Waals surface area contributed by atoms with Gasteiger partial charge in [-0.25, -0.2) is 0 Å². The number of carbonyl (C=O) groups is 2. The molecule has 1 aromatic rings. The van der Waals surface area contributed by atoms with Crippen LogP contribution < -0.4 is 10.9 Å². The summed E-state index contributed by atoms with van der Waals surface area (Å²) in [4.78, 5) is 24.8. The first-order chi connectivity index (χ1) is 12.6. The summed E-state index contributed by atoms with van der Waals surface area (Å²) in [5.74, 6) is 2.80. The number of hydrazine groups is 1. The summed E-state index contributed by atoms with van der Waals surface area (Å²) in [6, 6.07) is 10.2. The lowest BCUT2D eigenvalue weighted by atomic mass is 9.49. The van der Waals surface area contributed by atoms with Crippen LogP contribution in [0.15, 0.2) is 30.3 Å². The van der Waals surface area contributed by atoms with Gasteiger partial charge in [0.15, 0.2) is 0 Å². The monoisotopic (exact) mass is 352 g/mol. The van der Waals surface area contributed by atoms with E-state index in [-0.39, 0.29) is 23.1 Å². The minimum absolute atomic E-state index is 0.00255. The van der Waals surface area contributed by atoms with Crippen LogP contribution in [0.1, 0.15) is 62.8 Å². The van der Waals surface area contributed by atoms with Gasteiger partial charge in [-0.3, -0.25) is 20.4 Å². The van der Waals surface area contributed by atoms with Gasteiger partial charge >= 0.3 is 0 Å². The van der Waals surface area contributed by atoms with Crippen LogP contribution in [-0.2, 0) is 9.59 Å². The molecule has 26 heavy (non-hydrogen) atoms. The Balaban J connectivity index is 1.12. The maximum Gasteiger partial charge on any atom is 0.242 e. The molecule has 0 radical (unpaired) electrons. The lowest BCUT2D eigenvalue weighted by Gasteiger charge is -2.56. The summed E-state index contributed by atoms with van der Waals surface area (Å²) in [5.41, 5.74) is 6.83. The Kier molecular flexibility index (Phi) is 3.84. The molecule has 5 fully saturated rings. The molecule has 2 amide bonds. The van der Waals surface area contributed by atoms with Gasteiger partial charge in [-0.1, -0.05) is 30.3 Å². The first-order valence-electron chi connectivity index (χ1n) is 10.2. The Hall–Kier alpha value is -1.84. The van der Waals surface area contributed by atoms with Gasteiger partial charge < -0.3 is 0 Å². The van der Waals surface area contributed by atoms with Gasteiger partial charge in [-0.15, -0.1) is 0 Å². The summed E-state index contributed by atoms with van der Waals surface area (Å²) in [6.07, 6.45) is 9.29. The highest BCUT2D eigenvalue weighted by molar-refractivity contribution is 5.86. The van der Waals surface area contributed by atoms with Crippen LogP contribution in [0.5, 0.6) is 0 Å². The third kappa shape index (κ3) is 3.04. The van der Waals surface area contributed by atoms with E-state index < -0.39 is 0 Å². The fourth-order valence-electron chi connectivity index (χ4n) is 6.67. The van der Waals surface area contributed by atoms with Crippen molar-refractivity contribution in [3.8, 4) is 0 Å². The highest BCUT2D eigenvalue weighted by Gasteiger charge is 2.51. The third-order valence-electron chi connectivity index (χ3n) is 7.38. The van der Waals surface area contributed by atoms with Gasteiger partial charge in [-0.2, -0.15) is 0 Å². The van der Waals surface area contributed by atoms with Gasteiger partial charge in [0, 0.05) is 12.3 Å². The zero-order valence-electron chi connectivity index (χ0n) is 15.2. The molecule has 0 aliphatic heterocycles. The Morgan fingerprint density at radius 1 is 0.885 bits per heavy atom. The van der Waals surface area contributed by atoms with Gasteiger partial charge in [-0.05, 0) is 79.6 Å². The predicted octanol–water partition coefficient (Wildman–Crippen LogP) is 3.54. The molecule has 2 N–H and O–H groups in total. The summed E-state index contributed by atoms with van der Waals surface area (Å²) >= 11 is 0. The summed E-state index contributed by atoms with van der Waals surface area (Å²) < 4.78 is 0. The first kappa shape index (κ1) is 16.3. The van der Waals surface area contributed by atoms with E-state index in [0.717, 1.165) is 24.2 Å². The molecule has 2 atom stereocenters. The molecule has 0 saturated heterocycles. The Morgan fingerprint density at radius 3 is 2.12 bits per heavy atom. The number of carbonyl (C=O) groups excluding carboxylic acids is 2. The quantitative estimate of drug-likeness (QED) is 0.814. The zero-order chi connectivity index (χ0) is 17.7. The number of hydrogen-bond donors (Lipinski definition) is 2. The molecule has 0 heterocycles. The van der Waals surface area contributed by atoms with Crippen LogP contribution in [0.25, 0.3) is 0 Å². The molecule has 5 saturated carbocycles. The third-order valence-corrected chi connectivity index (χ3v) is 7.38. The van der Waals surface area contributed by atoms with Crippen molar-refractivity contribution in [2.24, 2.45) is 29.1 Å². The van der Waals surface area contributed by atoms with Crippen molar-refractivity contribution in [2.45, 2.75) is 57.3 Å². The fraction of sp³-hybridized carbons (Fsp3) is 0.636. The second-order valence-electron chi connectivity index (χ2n) is 9.49. The van der Waals surface area contributed by atoms with Crippen LogP contribution >= 0.6 is 0 Å². The minimum atomic E-state index is -0.0438. The SMILES string of the molecule is O=C(CC12CC3CC(CC(C3)C1)C2)NNC(=O)[C@@H]1C[C@@H]1c1ccccc1. The molecular formula is C22H28N2O2. The smallest absolute Gasteiger partial charge is 0.242 e. The number of amides is 2. The lowest BCUT2D eigenvalue weighted by Crippen LogP contribution is -2.50. The number of hydrogen-bond acceptors (Lipinski definition) is 2. The molecule has 4 heteroatoms. The fourth-order valence-corrected chi connectivity index (χ4v) is 6.67. The maximum absolute atomic E-state index is 12.5. The minimum Gasteiger partial charge on any atom is -0.273 e. The second-order valence-corrected chi connectivity index (χ2v) is 9.49. The van der Waals surface area contributed by atoms with Crippen molar-refractivity contribution >= 4 is 11.8 Å². The molecule has 4 nitrogen and oxygen atoms in total. The van der Waals surface area contributed by atoms with E-state index in [1.54, 1.807) is 0 Å². The van der Waals surface area contributed by atoms with Crippen molar-refractivity contribution in [1.29, 1.82) is 0 Å². The van der Waals surface area contributed by atoms with Gasteiger partial charge in [0.2, 0.25) is 11.8 Å². The van der Waals surface area contributed by atoms with Crippen molar-refractivity contribution in [3.63, 3.8) is 0 Å². The average molecular weight is 352 g/mol. The highest BCUT2D eigenvalue weighted by atomic mass is 16.2. The Labute approximate surface area is 155 Å². The van der Waals surface area contributed by atoms with E-state index in [0.29, 0.717) is 12.3 Å². The molecule has 6 rings (SSSR count). The van der Waals surface area contributed by atoms with E-state index in [9.17, 15) is 9.59 Å². The Morgan fingerprint density at radius 2 is 1.50 bits per heavy atom. The van der Waals surface area contributed by atoms with E-state index in [1.165, 1.54) is 44.1 Å². The summed E-state index contributed by atoms with van der Waals surface area (Å²) in [5, 5.41) is 0. The Bertz CT molecular complexity index is 679. The van der Waals surface area contributed by atoms with Crippen LogP contribution in [-0.4, -0.2) is 11.8 Å². The first-order valence-corrected chi connectivity index (χ1v) is 10.2. The van der Waals surface area contributed by atoms with Crippen molar-refractivity contribution in [1.82, 2.24) is 10.9 Å². The molecule has 5 aliphatic carbocycles. The highest BCUT2D eigenvalue weighted by Crippen LogP contribution is 2.61. The van der Waals surface area contributed by atoms with E-state index in [1.807, 2.05) is 18.2 Å². The second kappa shape index (κ2) is 6.11. The van der Waals surface area contributed by atoms with Gasteiger partial charge in [0.25, 0.3) is 0 Å². The number of rotatable bonds is 4. The maximum atomic E-state index is 12.5. The van der Waals surface area contributed by atoms with E-state index in [2.05, 4.69) is 23.0 Å². The average Bonchev–Trinajstić information content (AvgIpc) is 3.40. The summed E-state index contributed by atoms with van der Waals surface area (Å²) in [7, 11) is 0. The largest absolute Gasteiger partial charge is 0.273 e. The molecule has 5 aliphatic rings. The number of nitrogens with one attached hydrogen (secondary N) is 2. The number of benzene rings is 1. The van der Waals surface area contributed by atoms with Crippen LogP contribution in [0.2, 0.25) is 0 Å². The van der Waals surface area contributed by atoms with Crippen LogP contribution in [0.3, 0.4) is 0 Å². The molecule has 0 aromatic heterocycles. The standard InChI is InChI=1S/C22H28N2O2/c25-20(13-22-10-14-6-15(11-22)8-16(7-14)12-22)23-24-21(26)19-9-18(19)17-4-2-1-3-5-17/h1-5,14-16,18-19H,6-13H2,(H,23,25)(H,24,26)/t14?,15?,16?,18-,19-,22?/m1/s1. The topological polar surface area (TPSA) is 58.2 Å². The molecule has 138 valence electrons. The van der Waals surface area contributed by atoms with Gasteiger partial charge in [0.1, 0.15) is 0 Å². The lowest BCUT2D eigenvalue weighted by molar-refractivity contribution is -0.134. The molecular weight excluding hydrogens is 324 g/mol. The van der Waals surface area contributed by atoms with Crippen molar-refractivity contribution in [3.05, 3.63) is 35.9 Å². The van der Waals surface area contributed by atoms with E-state index >= 15 is 0 Å². The normalized spacial score (nSPS) is 39.5. The molecule has 1 aromatic carbocycles. The predicted molar refractivity (Wildman–Crippen MR) is 98.8 cm³/mol. The molecule has 4 bridgehead atoms. The molecule has 0 unspecified atom stereocenters. The van der Waals surface area contributed by atoms with Crippen LogP contribution in [0.4, 0.5) is 0 Å². The van der Waals surface area contributed by atoms with E-state index in [4.69, 9.17) is 0 Å². The van der Waals surface area contributed by atoms with Gasteiger partial charge in [0.05, 0.1) is 0 Å². The zero-order valence-corrected chi connectivity index (χ0v) is 15.2. The molecule has 0 spiro atoms.